The highest BCUT2D eigenvalue weighted by atomic mass is 16.6. The Balaban J connectivity index is 0.000000307. The van der Waals surface area contributed by atoms with E-state index < -0.39 is 6.09 Å². The molecule has 228 valence electrons. The van der Waals surface area contributed by atoms with Gasteiger partial charge in [-0.05, 0) is 34.4 Å². The molecule has 0 bridgehead atoms. The van der Waals surface area contributed by atoms with Crippen LogP contribution in [-0.2, 0) is 29.2 Å². The van der Waals surface area contributed by atoms with Crippen molar-refractivity contribution in [3.63, 3.8) is 0 Å². The van der Waals surface area contributed by atoms with E-state index in [0.717, 1.165) is 17.5 Å². The molecule has 3 aromatic rings. The first-order valence-electron chi connectivity index (χ1n) is 14.4. The summed E-state index contributed by atoms with van der Waals surface area (Å²) in [4.78, 5) is 35.7. The van der Waals surface area contributed by atoms with Gasteiger partial charge in [0.05, 0.1) is 6.04 Å². The Bertz CT molecular complexity index is 1280. The molecule has 2 amide bonds. The van der Waals surface area contributed by atoms with Crippen LogP contribution in [0.5, 0.6) is 0 Å². The predicted molar refractivity (Wildman–Crippen MR) is 167 cm³/mol. The smallest absolute Gasteiger partial charge is 0.407 e. The lowest BCUT2D eigenvalue weighted by molar-refractivity contribution is 0.123. The molecular weight excluding hydrogens is 530 g/mol. The monoisotopic (exact) mass is 577 g/mol. The molecule has 3 rings (SSSR count). The number of amides is 2. The zero-order chi connectivity index (χ0) is 31.2. The molecule has 42 heavy (non-hydrogen) atoms. The van der Waals surface area contributed by atoms with E-state index in [2.05, 4.69) is 38.3 Å². The Labute approximate surface area is 250 Å². The van der Waals surface area contributed by atoms with Crippen LogP contribution in [0.25, 0.3) is 0 Å². The second-order valence-electron chi connectivity index (χ2n) is 12.3. The van der Waals surface area contributed by atoms with E-state index in [1.54, 1.807) is 22.9 Å². The van der Waals surface area contributed by atoms with Crippen molar-refractivity contribution in [1.82, 2.24) is 15.2 Å². The number of nitrogens with zero attached hydrogens (tertiary/aromatic N) is 1. The van der Waals surface area contributed by atoms with Crippen LogP contribution < -0.4 is 16.2 Å². The fourth-order valence-electron chi connectivity index (χ4n) is 4.09. The molecule has 0 unspecified atom stereocenters. The molecule has 0 aliphatic rings. The number of rotatable bonds is 9. The maximum atomic E-state index is 12.1. The van der Waals surface area contributed by atoms with Gasteiger partial charge in [0.25, 0.3) is 5.56 Å². The van der Waals surface area contributed by atoms with Crippen molar-refractivity contribution in [1.29, 1.82) is 0 Å². The van der Waals surface area contributed by atoms with Crippen LogP contribution in [0.1, 0.15) is 66.0 Å². The molecule has 2 aromatic carbocycles. The molecule has 2 atom stereocenters. The number of ether oxygens (including phenoxy) is 2. The second-order valence-corrected chi connectivity index (χ2v) is 12.3. The number of hydrogen-bond donors (Lipinski definition) is 2. The standard InChI is InChI=1S/C19H24N2O3.C15H23NO2/c1-19(2,3)16(13-21-12-8-7-11-17(21)22)20-18(23)24-14-15-9-5-4-6-10-15;1-5-13(15(2,3)4)16-14(17)18-11-12-9-7-6-8-10-12/h4-12,16H,13-14H2,1-3H3,(H,20,23);6-10,13H,5,11H2,1-4H3,(H,16,17)/t16-;13-/m11/s1. The summed E-state index contributed by atoms with van der Waals surface area (Å²) in [5.41, 5.74) is 1.66. The molecule has 8 nitrogen and oxygen atoms in total. The van der Waals surface area contributed by atoms with Crippen LogP contribution in [0.2, 0.25) is 0 Å². The van der Waals surface area contributed by atoms with Gasteiger partial charge in [-0.1, -0.05) is 115 Å². The van der Waals surface area contributed by atoms with Crippen molar-refractivity contribution in [3.8, 4) is 0 Å². The minimum absolute atomic E-state index is 0.0422. The Morgan fingerprint density at radius 3 is 1.52 bits per heavy atom. The average Bonchev–Trinajstić information content (AvgIpc) is 2.95. The van der Waals surface area contributed by atoms with E-state index in [9.17, 15) is 14.4 Å². The lowest BCUT2D eigenvalue weighted by Crippen LogP contribution is -2.47. The van der Waals surface area contributed by atoms with Gasteiger partial charge >= 0.3 is 12.2 Å². The highest BCUT2D eigenvalue weighted by Gasteiger charge is 2.27. The summed E-state index contributed by atoms with van der Waals surface area (Å²) in [5, 5.41) is 5.80. The number of aromatic nitrogens is 1. The molecule has 0 aliphatic heterocycles. The zero-order valence-electron chi connectivity index (χ0n) is 26.1. The lowest BCUT2D eigenvalue weighted by Gasteiger charge is -2.31. The van der Waals surface area contributed by atoms with Crippen molar-refractivity contribution in [2.75, 3.05) is 0 Å². The van der Waals surface area contributed by atoms with Gasteiger partial charge in [0.15, 0.2) is 0 Å². The second kappa shape index (κ2) is 16.4. The highest BCUT2D eigenvalue weighted by molar-refractivity contribution is 5.68. The number of nitrogens with one attached hydrogen (secondary N) is 2. The third-order valence-electron chi connectivity index (χ3n) is 6.79. The van der Waals surface area contributed by atoms with E-state index in [0.29, 0.717) is 13.2 Å². The zero-order valence-corrected chi connectivity index (χ0v) is 26.1. The number of alkyl carbamates (subject to hydrolysis) is 2. The Morgan fingerprint density at radius 2 is 1.12 bits per heavy atom. The van der Waals surface area contributed by atoms with Gasteiger partial charge < -0.3 is 24.7 Å². The third kappa shape index (κ3) is 12.6. The topological polar surface area (TPSA) is 98.7 Å². The highest BCUT2D eigenvalue weighted by Crippen LogP contribution is 2.22. The minimum Gasteiger partial charge on any atom is -0.445 e. The van der Waals surface area contributed by atoms with Crippen molar-refractivity contribution < 1.29 is 19.1 Å². The van der Waals surface area contributed by atoms with Crippen LogP contribution in [0.4, 0.5) is 9.59 Å². The van der Waals surface area contributed by atoms with Crippen LogP contribution in [-0.4, -0.2) is 28.8 Å². The van der Waals surface area contributed by atoms with E-state index in [-0.39, 0.29) is 41.2 Å². The van der Waals surface area contributed by atoms with Crippen LogP contribution in [0, 0.1) is 10.8 Å². The molecule has 2 N–H and O–H groups in total. The summed E-state index contributed by atoms with van der Waals surface area (Å²) in [6.07, 6.45) is 1.78. The number of carbonyl (C=O) groups is 2. The van der Waals surface area contributed by atoms with Crippen molar-refractivity contribution in [2.24, 2.45) is 10.8 Å². The van der Waals surface area contributed by atoms with E-state index in [1.165, 1.54) is 6.07 Å². The van der Waals surface area contributed by atoms with Crippen molar-refractivity contribution in [3.05, 3.63) is 107 Å². The van der Waals surface area contributed by atoms with Gasteiger partial charge in [0, 0.05) is 24.8 Å². The first-order valence-corrected chi connectivity index (χ1v) is 14.4. The first kappa shape index (κ1) is 34.1. The Kier molecular flexibility index (Phi) is 13.3. The van der Waals surface area contributed by atoms with Gasteiger partial charge in [-0.15, -0.1) is 0 Å². The van der Waals surface area contributed by atoms with Gasteiger partial charge in [-0.2, -0.15) is 0 Å². The normalized spacial score (nSPS) is 12.6. The Hall–Kier alpha value is -4.07. The molecule has 0 saturated carbocycles. The molecule has 8 heteroatoms. The summed E-state index contributed by atoms with van der Waals surface area (Å²) in [5.74, 6) is 0. The molecule has 0 spiro atoms. The van der Waals surface area contributed by atoms with Gasteiger partial charge in [-0.3, -0.25) is 4.79 Å². The average molecular weight is 578 g/mol. The van der Waals surface area contributed by atoms with Gasteiger partial charge in [0.2, 0.25) is 0 Å². The fourth-order valence-corrected chi connectivity index (χ4v) is 4.09. The SMILES string of the molecule is CC(C)(C)[C@@H](Cn1ccccc1=O)NC(=O)OCc1ccccc1.CC[C@@H](NC(=O)OCc1ccccc1)C(C)(C)C. The lowest BCUT2D eigenvalue weighted by atomic mass is 9.85. The van der Waals surface area contributed by atoms with Gasteiger partial charge in [0.1, 0.15) is 13.2 Å². The number of pyridine rings is 1. The summed E-state index contributed by atoms with van der Waals surface area (Å²) in [6, 6.07) is 24.1. The molecule has 1 aromatic heterocycles. The van der Waals surface area contributed by atoms with E-state index in [1.807, 2.05) is 81.4 Å². The molecule has 0 saturated heterocycles. The fraction of sp³-hybridized carbons (Fsp3) is 0.441. The number of carbonyl (C=O) groups excluding carboxylic acids is 2. The summed E-state index contributed by atoms with van der Waals surface area (Å²) < 4.78 is 12.1. The molecule has 0 aliphatic carbocycles. The largest absolute Gasteiger partial charge is 0.445 e. The van der Waals surface area contributed by atoms with Gasteiger partial charge in [-0.25, -0.2) is 9.59 Å². The van der Waals surface area contributed by atoms with E-state index in [4.69, 9.17) is 9.47 Å². The number of benzene rings is 2. The molecule has 1 heterocycles. The van der Waals surface area contributed by atoms with Crippen LogP contribution >= 0.6 is 0 Å². The third-order valence-corrected chi connectivity index (χ3v) is 6.79. The number of hydrogen-bond acceptors (Lipinski definition) is 5. The van der Waals surface area contributed by atoms with Crippen molar-refractivity contribution >= 4 is 12.2 Å². The summed E-state index contributed by atoms with van der Waals surface area (Å²) in [7, 11) is 0. The predicted octanol–water partition coefficient (Wildman–Crippen LogP) is 6.93. The van der Waals surface area contributed by atoms with E-state index >= 15 is 0 Å². The maximum absolute atomic E-state index is 12.1. The minimum atomic E-state index is -0.484. The first-order chi connectivity index (χ1) is 19.8. The van der Waals surface area contributed by atoms with Crippen LogP contribution in [0.15, 0.2) is 89.9 Å². The van der Waals surface area contributed by atoms with Crippen molar-refractivity contribution in [2.45, 2.75) is 86.7 Å². The molecular formula is C34H47N3O5. The summed E-state index contributed by atoms with van der Waals surface area (Å²) in [6.45, 7) is 15.4. The molecule has 0 radical (unpaired) electrons. The maximum Gasteiger partial charge on any atom is 0.407 e. The quantitative estimate of drug-likeness (QED) is 0.287. The molecule has 0 fully saturated rings. The van der Waals surface area contributed by atoms with Crippen LogP contribution in [0.3, 0.4) is 0 Å². The Morgan fingerprint density at radius 1 is 0.690 bits per heavy atom. The summed E-state index contributed by atoms with van der Waals surface area (Å²) >= 11 is 0.